The van der Waals surface area contributed by atoms with Crippen LogP contribution in [-0.2, 0) is 0 Å². The molecule has 1 fully saturated rings. The molecular weight excluding hydrogens is 208 g/mol. The molecule has 0 aromatic carbocycles. The molecule has 4 nitrogen and oxygen atoms in total. The Labute approximate surface area is 94.6 Å². The Bertz CT molecular complexity index is 304. The van der Waals surface area contributed by atoms with Crippen LogP contribution in [0.2, 0.25) is 0 Å². The number of nitrogens with two attached hydrogens (primary N) is 1. The van der Waals surface area contributed by atoms with Gasteiger partial charge in [-0.1, -0.05) is 0 Å². The summed E-state index contributed by atoms with van der Waals surface area (Å²) in [7, 11) is 2.19. The molecule has 1 aromatic rings. The highest BCUT2D eigenvalue weighted by molar-refractivity contribution is 7.10. The minimum Gasteiger partial charge on any atom is -0.383 e. The van der Waals surface area contributed by atoms with E-state index in [1.807, 2.05) is 6.07 Å². The van der Waals surface area contributed by atoms with E-state index in [1.165, 1.54) is 37.5 Å². The molecule has 0 spiro atoms. The molecule has 84 valence electrons. The lowest BCUT2D eigenvalue weighted by molar-refractivity contribution is 0.226. The summed E-state index contributed by atoms with van der Waals surface area (Å²) < 4.78 is 4.04. The van der Waals surface area contributed by atoms with Crippen molar-refractivity contribution in [2.24, 2.45) is 5.92 Å². The van der Waals surface area contributed by atoms with Crippen LogP contribution in [0.5, 0.6) is 0 Å². The maximum Gasteiger partial charge on any atom is 0.139 e. The van der Waals surface area contributed by atoms with Crippen molar-refractivity contribution in [1.29, 1.82) is 0 Å². The van der Waals surface area contributed by atoms with Gasteiger partial charge in [-0.3, -0.25) is 0 Å². The quantitative estimate of drug-likeness (QED) is 0.819. The standard InChI is InChI=1S/C10H18N4S/c1-14-4-2-8(3-5-14)7-12-10-6-9(11)13-15-10/h6,8,12H,2-5,7H2,1H3,(H2,11,13). The molecule has 0 bridgehead atoms. The first-order valence-corrected chi connectivity index (χ1v) is 6.16. The Morgan fingerprint density at radius 3 is 2.93 bits per heavy atom. The van der Waals surface area contributed by atoms with E-state index in [-0.39, 0.29) is 0 Å². The van der Waals surface area contributed by atoms with Crippen LogP contribution in [0.15, 0.2) is 6.07 Å². The highest BCUT2D eigenvalue weighted by Crippen LogP contribution is 2.20. The minimum absolute atomic E-state index is 0.617. The van der Waals surface area contributed by atoms with Gasteiger partial charge in [-0.2, -0.15) is 4.37 Å². The lowest BCUT2D eigenvalue weighted by atomic mass is 9.97. The van der Waals surface area contributed by atoms with Gasteiger partial charge in [0.05, 0.1) is 0 Å². The summed E-state index contributed by atoms with van der Waals surface area (Å²) in [4.78, 5) is 2.39. The van der Waals surface area contributed by atoms with E-state index < -0.39 is 0 Å². The first kappa shape index (κ1) is 10.7. The van der Waals surface area contributed by atoms with Crippen LogP contribution in [0.4, 0.5) is 10.8 Å². The molecule has 0 aliphatic carbocycles. The maximum absolute atomic E-state index is 5.56. The summed E-state index contributed by atoms with van der Waals surface area (Å²) >= 11 is 1.44. The molecule has 3 N–H and O–H groups in total. The molecule has 0 saturated carbocycles. The van der Waals surface area contributed by atoms with Crippen molar-refractivity contribution in [1.82, 2.24) is 9.27 Å². The molecule has 15 heavy (non-hydrogen) atoms. The Morgan fingerprint density at radius 1 is 1.60 bits per heavy atom. The lowest BCUT2D eigenvalue weighted by Gasteiger charge is -2.28. The van der Waals surface area contributed by atoms with Gasteiger partial charge in [0.2, 0.25) is 0 Å². The molecule has 2 rings (SSSR count). The molecule has 5 heteroatoms. The van der Waals surface area contributed by atoms with Gasteiger partial charge in [0.15, 0.2) is 0 Å². The average molecular weight is 226 g/mol. The lowest BCUT2D eigenvalue weighted by Crippen LogP contribution is -2.32. The third kappa shape index (κ3) is 3.07. The zero-order chi connectivity index (χ0) is 10.7. The number of rotatable bonds is 3. The van der Waals surface area contributed by atoms with Gasteiger partial charge >= 0.3 is 0 Å². The predicted octanol–water partition coefficient (Wildman–Crippen LogP) is 1.48. The van der Waals surface area contributed by atoms with Crippen molar-refractivity contribution in [3.05, 3.63) is 6.07 Å². The number of nitrogens with zero attached hydrogens (tertiary/aromatic N) is 2. The van der Waals surface area contributed by atoms with Gasteiger partial charge in [0.1, 0.15) is 10.8 Å². The van der Waals surface area contributed by atoms with E-state index in [9.17, 15) is 0 Å². The smallest absolute Gasteiger partial charge is 0.139 e. The molecule has 2 heterocycles. The van der Waals surface area contributed by atoms with Gasteiger partial charge in [-0.05, 0) is 50.4 Å². The van der Waals surface area contributed by atoms with Gasteiger partial charge in [-0.15, -0.1) is 0 Å². The first-order chi connectivity index (χ1) is 7.24. The fourth-order valence-corrected chi connectivity index (χ4v) is 2.46. The average Bonchev–Trinajstić information content (AvgIpc) is 2.64. The molecule has 1 aliphatic heterocycles. The number of piperidine rings is 1. The van der Waals surface area contributed by atoms with Crippen molar-refractivity contribution in [3.63, 3.8) is 0 Å². The fourth-order valence-electron chi connectivity index (χ4n) is 1.88. The summed E-state index contributed by atoms with van der Waals surface area (Å²) in [6.45, 7) is 3.49. The highest BCUT2D eigenvalue weighted by atomic mass is 32.1. The topological polar surface area (TPSA) is 54.2 Å². The minimum atomic E-state index is 0.617. The molecule has 0 unspecified atom stereocenters. The number of nitrogens with one attached hydrogen (secondary N) is 1. The number of likely N-dealkylation sites (tertiary alicyclic amines) is 1. The summed E-state index contributed by atoms with van der Waals surface area (Å²) in [6.07, 6.45) is 2.58. The third-order valence-electron chi connectivity index (χ3n) is 2.93. The molecule has 0 radical (unpaired) electrons. The number of hydrogen-bond acceptors (Lipinski definition) is 5. The van der Waals surface area contributed by atoms with Crippen LogP contribution in [0, 0.1) is 5.92 Å². The second-order valence-corrected chi connectivity index (χ2v) is 5.05. The van der Waals surface area contributed by atoms with Crippen LogP contribution >= 0.6 is 11.5 Å². The van der Waals surface area contributed by atoms with Crippen molar-refractivity contribution in [2.75, 3.05) is 37.7 Å². The Morgan fingerprint density at radius 2 is 2.33 bits per heavy atom. The summed E-state index contributed by atoms with van der Waals surface area (Å²) in [5, 5.41) is 4.50. The first-order valence-electron chi connectivity index (χ1n) is 5.38. The van der Waals surface area contributed by atoms with Crippen LogP contribution < -0.4 is 11.1 Å². The van der Waals surface area contributed by atoms with E-state index in [1.54, 1.807) is 0 Å². The second kappa shape index (κ2) is 4.81. The van der Waals surface area contributed by atoms with E-state index in [4.69, 9.17) is 5.73 Å². The Balaban J connectivity index is 1.74. The number of anilines is 2. The fraction of sp³-hybridized carbons (Fsp3) is 0.700. The Kier molecular flexibility index (Phi) is 3.43. The van der Waals surface area contributed by atoms with Gasteiger partial charge in [0.25, 0.3) is 0 Å². The van der Waals surface area contributed by atoms with Crippen molar-refractivity contribution < 1.29 is 0 Å². The van der Waals surface area contributed by atoms with Crippen LogP contribution in [0.1, 0.15) is 12.8 Å². The molecule has 0 amide bonds. The van der Waals surface area contributed by atoms with Gasteiger partial charge in [0, 0.05) is 12.6 Å². The summed E-state index contributed by atoms with van der Waals surface area (Å²) in [5.41, 5.74) is 5.56. The summed E-state index contributed by atoms with van der Waals surface area (Å²) in [5.74, 6) is 1.41. The van der Waals surface area contributed by atoms with E-state index in [0.717, 1.165) is 17.5 Å². The predicted molar refractivity (Wildman–Crippen MR) is 65.2 cm³/mol. The monoisotopic (exact) mass is 226 g/mol. The van der Waals surface area contributed by atoms with Crippen LogP contribution in [0.25, 0.3) is 0 Å². The second-order valence-electron chi connectivity index (χ2n) is 4.24. The maximum atomic E-state index is 5.56. The molecule has 1 aliphatic rings. The Hall–Kier alpha value is -0.810. The van der Waals surface area contributed by atoms with Crippen LogP contribution in [-0.4, -0.2) is 36.0 Å². The normalized spacial score (nSPS) is 19.3. The number of hydrogen-bond donors (Lipinski definition) is 2. The van der Waals surface area contributed by atoms with Crippen molar-refractivity contribution in [3.8, 4) is 0 Å². The molecule has 0 atom stereocenters. The highest BCUT2D eigenvalue weighted by Gasteiger charge is 2.16. The van der Waals surface area contributed by atoms with E-state index in [0.29, 0.717) is 5.82 Å². The largest absolute Gasteiger partial charge is 0.383 e. The zero-order valence-corrected chi connectivity index (χ0v) is 9.89. The van der Waals surface area contributed by atoms with Crippen molar-refractivity contribution in [2.45, 2.75) is 12.8 Å². The zero-order valence-electron chi connectivity index (χ0n) is 9.07. The van der Waals surface area contributed by atoms with E-state index >= 15 is 0 Å². The van der Waals surface area contributed by atoms with Gasteiger partial charge < -0.3 is 16.0 Å². The third-order valence-corrected chi connectivity index (χ3v) is 3.69. The molecular formula is C10H18N4S. The van der Waals surface area contributed by atoms with E-state index in [2.05, 4.69) is 21.6 Å². The number of nitrogen functional groups attached to an aromatic ring is 1. The molecule has 1 aromatic heterocycles. The number of aromatic nitrogens is 1. The SMILES string of the molecule is CN1CCC(CNc2cc(N)ns2)CC1. The van der Waals surface area contributed by atoms with Crippen LogP contribution in [0.3, 0.4) is 0 Å². The van der Waals surface area contributed by atoms with Crippen molar-refractivity contribution >= 4 is 22.4 Å². The summed E-state index contributed by atoms with van der Waals surface area (Å²) in [6, 6.07) is 1.90. The molecule has 1 saturated heterocycles. The van der Waals surface area contributed by atoms with Gasteiger partial charge in [-0.25, -0.2) is 0 Å².